The van der Waals surface area contributed by atoms with Crippen molar-refractivity contribution in [3.63, 3.8) is 0 Å². The molecule has 1 unspecified atom stereocenters. The molecular formula is C18H23NO2. The van der Waals surface area contributed by atoms with Gasteiger partial charge >= 0.3 is 0 Å². The van der Waals surface area contributed by atoms with Crippen LogP contribution in [-0.4, -0.2) is 19.3 Å². The fourth-order valence-electron chi connectivity index (χ4n) is 1.95. The Hall–Kier alpha value is -2.16. The van der Waals surface area contributed by atoms with Crippen LogP contribution in [0, 0.1) is 0 Å². The van der Waals surface area contributed by atoms with Gasteiger partial charge in [0.2, 0.25) is 0 Å². The lowest BCUT2D eigenvalue weighted by Gasteiger charge is -2.16. The highest BCUT2D eigenvalue weighted by Gasteiger charge is 2.04. The highest BCUT2D eigenvalue weighted by molar-refractivity contribution is 5.48. The van der Waals surface area contributed by atoms with Crippen LogP contribution in [0.1, 0.15) is 20.3 Å². The van der Waals surface area contributed by atoms with Crippen molar-refractivity contribution in [3.05, 3.63) is 54.6 Å². The van der Waals surface area contributed by atoms with E-state index < -0.39 is 0 Å². The van der Waals surface area contributed by atoms with E-state index in [4.69, 9.17) is 9.47 Å². The summed E-state index contributed by atoms with van der Waals surface area (Å²) in [6, 6.07) is 17.9. The van der Waals surface area contributed by atoms with Gasteiger partial charge in [0.1, 0.15) is 17.6 Å². The minimum Gasteiger partial charge on any atom is -0.494 e. The topological polar surface area (TPSA) is 30.5 Å². The molecule has 0 aliphatic rings. The maximum atomic E-state index is 5.84. The Balaban J connectivity index is 1.82. The third-order valence-corrected chi connectivity index (χ3v) is 2.98. The van der Waals surface area contributed by atoms with Gasteiger partial charge in [-0.1, -0.05) is 31.2 Å². The number of para-hydroxylation sites is 1. The third kappa shape index (κ3) is 5.38. The Morgan fingerprint density at radius 2 is 1.76 bits per heavy atom. The minimum atomic E-state index is 0.0904. The molecule has 0 aliphatic heterocycles. The van der Waals surface area contributed by atoms with Gasteiger partial charge in [0.05, 0.1) is 13.2 Å². The summed E-state index contributed by atoms with van der Waals surface area (Å²) in [5.41, 5.74) is 1.05. The summed E-state index contributed by atoms with van der Waals surface area (Å²) in [4.78, 5) is 0. The number of benzene rings is 2. The molecule has 0 bridgehead atoms. The van der Waals surface area contributed by atoms with Crippen LogP contribution in [0.2, 0.25) is 0 Å². The van der Waals surface area contributed by atoms with Crippen molar-refractivity contribution in [2.24, 2.45) is 0 Å². The Kier molecular flexibility index (Phi) is 5.95. The zero-order chi connectivity index (χ0) is 14.9. The molecule has 0 spiro atoms. The molecule has 2 aromatic rings. The van der Waals surface area contributed by atoms with Crippen LogP contribution in [0.4, 0.5) is 5.69 Å². The number of nitrogens with one attached hydrogen (secondary N) is 1. The summed E-state index contributed by atoms with van der Waals surface area (Å²) >= 11 is 0. The number of rotatable bonds is 8. The number of hydrogen-bond acceptors (Lipinski definition) is 3. The van der Waals surface area contributed by atoms with E-state index in [1.807, 2.05) is 54.6 Å². The van der Waals surface area contributed by atoms with Gasteiger partial charge in [-0.3, -0.25) is 0 Å². The van der Waals surface area contributed by atoms with E-state index in [0.717, 1.165) is 36.8 Å². The zero-order valence-corrected chi connectivity index (χ0v) is 12.7. The molecule has 0 aliphatic carbocycles. The predicted octanol–water partition coefficient (Wildman–Crippen LogP) is 4.35. The first-order valence-corrected chi connectivity index (χ1v) is 7.46. The Morgan fingerprint density at radius 3 is 2.52 bits per heavy atom. The maximum absolute atomic E-state index is 5.84. The molecule has 0 amide bonds. The molecule has 0 radical (unpaired) electrons. The van der Waals surface area contributed by atoms with Crippen molar-refractivity contribution >= 4 is 5.69 Å². The van der Waals surface area contributed by atoms with Crippen LogP contribution in [-0.2, 0) is 0 Å². The van der Waals surface area contributed by atoms with Crippen LogP contribution in [0.15, 0.2) is 54.6 Å². The van der Waals surface area contributed by atoms with Crippen LogP contribution in [0.25, 0.3) is 0 Å². The second-order valence-electron chi connectivity index (χ2n) is 5.00. The van der Waals surface area contributed by atoms with Crippen LogP contribution in [0.3, 0.4) is 0 Å². The van der Waals surface area contributed by atoms with E-state index in [1.54, 1.807) is 0 Å². The van der Waals surface area contributed by atoms with Crippen LogP contribution >= 0.6 is 0 Å². The molecule has 2 rings (SSSR count). The molecule has 3 heteroatoms. The molecule has 0 saturated carbocycles. The van der Waals surface area contributed by atoms with E-state index in [9.17, 15) is 0 Å². The van der Waals surface area contributed by atoms with Gasteiger partial charge in [-0.15, -0.1) is 0 Å². The lowest BCUT2D eigenvalue weighted by molar-refractivity contribution is 0.234. The number of hydrogen-bond donors (Lipinski definition) is 1. The van der Waals surface area contributed by atoms with E-state index in [1.165, 1.54) is 0 Å². The standard InChI is InChI=1S/C18H23NO2/c1-3-12-20-18-11-7-8-16(13-18)19-14-15(2)21-17-9-5-4-6-10-17/h4-11,13,15,19H,3,12,14H2,1-2H3. The van der Waals surface area contributed by atoms with E-state index in [2.05, 4.69) is 19.2 Å². The largest absolute Gasteiger partial charge is 0.494 e. The Bertz CT molecular complexity index is 528. The summed E-state index contributed by atoms with van der Waals surface area (Å²) in [5.74, 6) is 1.80. The predicted molar refractivity (Wildman–Crippen MR) is 87.2 cm³/mol. The minimum absolute atomic E-state index is 0.0904. The lowest BCUT2D eigenvalue weighted by atomic mass is 10.3. The summed E-state index contributed by atoms with van der Waals surface area (Å²) in [6.45, 7) is 5.64. The van der Waals surface area contributed by atoms with Crippen molar-refractivity contribution in [1.82, 2.24) is 0 Å². The highest BCUT2D eigenvalue weighted by atomic mass is 16.5. The van der Waals surface area contributed by atoms with Gasteiger partial charge in [-0.2, -0.15) is 0 Å². The molecular weight excluding hydrogens is 262 g/mol. The van der Waals surface area contributed by atoms with Gasteiger partial charge in [0, 0.05) is 11.8 Å². The van der Waals surface area contributed by atoms with Gasteiger partial charge in [-0.05, 0) is 37.6 Å². The molecule has 3 nitrogen and oxygen atoms in total. The molecule has 0 aromatic heterocycles. The van der Waals surface area contributed by atoms with Crippen LogP contribution < -0.4 is 14.8 Å². The second kappa shape index (κ2) is 8.20. The molecule has 0 saturated heterocycles. The third-order valence-electron chi connectivity index (χ3n) is 2.98. The van der Waals surface area contributed by atoms with Crippen LogP contribution in [0.5, 0.6) is 11.5 Å². The van der Waals surface area contributed by atoms with Crippen molar-refractivity contribution in [3.8, 4) is 11.5 Å². The zero-order valence-electron chi connectivity index (χ0n) is 12.7. The highest BCUT2D eigenvalue weighted by Crippen LogP contribution is 2.18. The molecule has 112 valence electrons. The molecule has 1 atom stereocenters. The first-order valence-electron chi connectivity index (χ1n) is 7.46. The molecule has 0 fully saturated rings. The summed E-state index contributed by atoms with van der Waals surface area (Å²) < 4.78 is 11.5. The van der Waals surface area contributed by atoms with Crippen molar-refractivity contribution < 1.29 is 9.47 Å². The smallest absolute Gasteiger partial charge is 0.121 e. The molecule has 21 heavy (non-hydrogen) atoms. The SMILES string of the molecule is CCCOc1cccc(NCC(C)Oc2ccccc2)c1. The first-order chi connectivity index (χ1) is 10.3. The van der Waals surface area contributed by atoms with Gasteiger partial charge in [-0.25, -0.2) is 0 Å². The fraction of sp³-hybridized carbons (Fsp3) is 0.333. The van der Waals surface area contributed by atoms with Gasteiger partial charge in [0.25, 0.3) is 0 Å². The molecule has 1 N–H and O–H groups in total. The normalized spacial score (nSPS) is 11.7. The lowest BCUT2D eigenvalue weighted by Crippen LogP contribution is -2.22. The summed E-state index contributed by atoms with van der Waals surface area (Å²) in [6.07, 6.45) is 1.10. The first kappa shape index (κ1) is 15.2. The monoisotopic (exact) mass is 285 g/mol. The Morgan fingerprint density at radius 1 is 1.00 bits per heavy atom. The molecule has 2 aromatic carbocycles. The van der Waals surface area contributed by atoms with Crippen molar-refractivity contribution in [1.29, 1.82) is 0 Å². The van der Waals surface area contributed by atoms with E-state index in [-0.39, 0.29) is 6.10 Å². The fourth-order valence-corrected chi connectivity index (χ4v) is 1.95. The maximum Gasteiger partial charge on any atom is 0.121 e. The summed E-state index contributed by atoms with van der Waals surface area (Å²) in [7, 11) is 0. The average Bonchev–Trinajstić information content (AvgIpc) is 2.52. The van der Waals surface area contributed by atoms with E-state index >= 15 is 0 Å². The quantitative estimate of drug-likeness (QED) is 0.782. The summed E-state index contributed by atoms with van der Waals surface area (Å²) in [5, 5.41) is 3.38. The van der Waals surface area contributed by atoms with E-state index in [0.29, 0.717) is 0 Å². The van der Waals surface area contributed by atoms with Gasteiger partial charge in [0.15, 0.2) is 0 Å². The second-order valence-corrected chi connectivity index (χ2v) is 5.00. The number of anilines is 1. The van der Waals surface area contributed by atoms with Crippen molar-refractivity contribution in [2.75, 3.05) is 18.5 Å². The Labute approximate surface area is 126 Å². The van der Waals surface area contributed by atoms with Gasteiger partial charge < -0.3 is 14.8 Å². The number of ether oxygens (including phenoxy) is 2. The van der Waals surface area contributed by atoms with Crippen molar-refractivity contribution in [2.45, 2.75) is 26.4 Å². The molecule has 0 heterocycles. The average molecular weight is 285 g/mol.